The Morgan fingerprint density at radius 2 is 1.67 bits per heavy atom. The van der Waals surface area contributed by atoms with Crippen molar-refractivity contribution < 1.29 is 17.9 Å². The zero-order valence-electron chi connectivity index (χ0n) is 21.2. The number of rotatable bonds is 10. The van der Waals surface area contributed by atoms with Gasteiger partial charge in [0, 0.05) is 58.5 Å². The number of hydrogen-bond donors (Lipinski definition) is 0. The highest BCUT2D eigenvalue weighted by molar-refractivity contribution is 5.56. The number of nitrogens with zero attached hydrogens (tertiary/aromatic N) is 5. The third-order valence-corrected chi connectivity index (χ3v) is 6.73. The second kappa shape index (κ2) is 11.9. The number of aromatic nitrogens is 2. The molecule has 1 aliphatic heterocycles. The molecule has 0 bridgehead atoms. The number of likely N-dealkylation sites (N-methyl/N-ethyl adjacent to an activating group) is 1. The van der Waals surface area contributed by atoms with Gasteiger partial charge in [-0.15, -0.1) is 0 Å². The second-order valence-electron chi connectivity index (χ2n) is 9.15. The third-order valence-electron chi connectivity index (χ3n) is 6.73. The van der Waals surface area contributed by atoms with Gasteiger partial charge in [-0.1, -0.05) is 13.0 Å². The summed E-state index contributed by atoms with van der Waals surface area (Å²) in [6.45, 7) is 10.9. The maximum Gasteiger partial charge on any atom is 0.159 e. The van der Waals surface area contributed by atoms with Gasteiger partial charge in [0.2, 0.25) is 0 Å². The molecule has 0 N–H and O–H groups in total. The Morgan fingerprint density at radius 1 is 0.944 bits per heavy atom. The van der Waals surface area contributed by atoms with Gasteiger partial charge in [-0.25, -0.2) is 17.9 Å². The molecule has 1 fully saturated rings. The van der Waals surface area contributed by atoms with Crippen LogP contribution in [-0.2, 0) is 17.8 Å². The Morgan fingerprint density at radius 3 is 2.31 bits per heavy atom. The first-order chi connectivity index (χ1) is 17.4. The lowest BCUT2D eigenvalue weighted by Crippen LogP contribution is -2.47. The van der Waals surface area contributed by atoms with Crippen molar-refractivity contribution in [1.82, 2.24) is 19.6 Å². The molecule has 3 aromatic rings. The summed E-state index contributed by atoms with van der Waals surface area (Å²) in [4.78, 5) is 6.91. The molecule has 0 amide bonds. The Hall–Kier alpha value is -2.88. The number of benzene rings is 2. The van der Waals surface area contributed by atoms with Crippen LogP contribution in [0.25, 0.3) is 5.69 Å². The van der Waals surface area contributed by atoms with Gasteiger partial charge < -0.3 is 14.5 Å². The van der Waals surface area contributed by atoms with E-state index in [1.165, 1.54) is 18.2 Å². The summed E-state index contributed by atoms with van der Waals surface area (Å²) in [5.74, 6) is -1.01. The summed E-state index contributed by atoms with van der Waals surface area (Å²) in [6.07, 6.45) is 0. The molecule has 0 saturated carbocycles. The van der Waals surface area contributed by atoms with Crippen LogP contribution in [0.15, 0.2) is 42.5 Å². The maximum absolute atomic E-state index is 13.9. The fourth-order valence-electron chi connectivity index (χ4n) is 4.65. The molecule has 6 nitrogen and oxygen atoms in total. The Labute approximate surface area is 210 Å². The van der Waals surface area contributed by atoms with Crippen molar-refractivity contribution in [2.45, 2.75) is 26.9 Å². The van der Waals surface area contributed by atoms with Gasteiger partial charge in [-0.2, -0.15) is 5.10 Å². The number of piperazine rings is 1. The second-order valence-corrected chi connectivity index (χ2v) is 9.15. The van der Waals surface area contributed by atoms with Crippen molar-refractivity contribution in [3.05, 3.63) is 76.7 Å². The Bertz CT molecular complexity index is 1140. The fourth-order valence-corrected chi connectivity index (χ4v) is 4.65. The predicted molar refractivity (Wildman–Crippen MR) is 135 cm³/mol. The van der Waals surface area contributed by atoms with Crippen molar-refractivity contribution in [2.24, 2.45) is 0 Å². The fraction of sp³-hybridized carbons (Fsp3) is 0.444. The highest BCUT2D eigenvalue weighted by Gasteiger charge is 2.26. The number of halogens is 3. The Balaban J connectivity index is 1.69. The van der Waals surface area contributed by atoms with E-state index in [0.29, 0.717) is 31.8 Å². The highest BCUT2D eigenvalue weighted by Crippen LogP contribution is 2.30. The standard InChI is InChI=1S/C27H34F3N5O/c1-4-32-11-13-34(14-12-32)27-24(20(2)31-35(27)23-8-6-22(28)7-9-23)19-33(15-16-36-3)18-21-5-10-25(29)26(30)17-21/h5-10,17H,4,11-16,18-19H2,1-3H3. The van der Waals surface area contributed by atoms with Crippen LogP contribution < -0.4 is 4.90 Å². The van der Waals surface area contributed by atoms with Crippen LogP contribution in [-0.4, -0.2) is 72.6 Å². The topological polar surface area (TPSA) is 36.8 Å². The molecule has 1 saturated heterocycles. The lowest BCUT2D eigenvalue weighted by molar-refractivity contribution is 0.140. The van der Waals surface area contributed by atoms with Crippen LogP contribution in [0, 0.1) is 24.4 Å². The molecule has 36 heavy (non-hydrogen) atoms. The van der Waals surface area contributed by atoms with Crippen LogP contribution in [0.2, 0.25) is 0 Å². The van der Waals surface area contributed by atoms with Crippen LogP contribution in [0.5, 0.6) is 0 Å². The molecule has 0 atom stereocenters. The summed E-state index contributed by atoms with van der Waals surface area (Å²) in [5.41, 5.74) is 3.41. The van der Waals surface area contributed by atoms with Gasteiger partial charge in [0.25, 0.3) is 0 Å². The summed E-state index contributed by atoms with van der Waals surface area (Å²) in [6, 6.07) is 10.4. The van der Waals surface area contributed by atoms with E-state index in [9.17, 15) is 13.2 Å². The van der Waals surface area contributed by atoms with Gasteiger partial charge in [-0.05, 0) is 55.4 Å². The zero-order chi connectivity index (χ0) is 25.7. The molecule has 9 heteroatoms. The van der Waals surface area contributed by atoms with Gasteiger partial charge in [-0.3, -0.25) is 4.90 Å². The molecule has 1 aromatic heterocycles. The van der Waals surface area contributed by atoms with E-state index in [0.717, 1.165) is 61.6 Å². The SMILES string of the molecule is CCN1CCN(c2c(CN(CCOC)Cc3ccc(F)c(F)c3)c(C)nn2-c2ccc(F)cc2)CC1. The van der Waals surface area contributed by atoms with Crippen molar-refractivity contribution in [3.8, 4) is 5.69 Å². The van der Waals surface area contributed by atoms with Crippen LogP contribution in [0.1, 0.15) is 23.7 Å². The molecule has 194 valence electrons. The summed E-state index contributed by atoms with van der Waals surface area (Å²) < 4.78 is 48.3. The Kier molecular flexibility index (Phi) is 8.66. The number of anilines is 1. The maximum atomic E-state index is 13.9. The number of aryl methyl sites for hydroxylation is 1. The largest absolute Gasteiger partial charge is 0.383 e. The average Bonchev–Trinajstić information content (AvgIpc) is 3.20. The first kappa shape index (κ1) is 26.2. The number of hydrogen-bond acceptors (Lipinski definition) is 5. The lowest BCUT2D eigenvalue weighted by atomic mass is 10.1. The molecule has 2 heterocycles. The van der Waals surface area contributed by atoms with Gasteiger partial charge in [0.1, 0.15) is 11.6 Å². The predicted octanol–water partition coefficient (Wildman–Crippen LogP) is 4.39. The molecule has 2 aromatic carbocycles. The van der Waals surface area contributed by atoms with E-state index >= 15 is 0 Å². The van der Waals surface area contributed by atoms with Gasteiger partial charge in [0.15, 0.2) is 11.6 Å². The van der Waals surface area contributed by atoms with Crippen LogP contribution >= 0.6 is 0 Å². The van der Waals surface area contributed by atoms with Crippen molar-refractivity contribution in [2.75, 3.05) is 57.9 Å². The molecular formula is C27H34F3N5O. The smallest absolute Gasteiger partial charge is 0.159 e. The number of ether oxygens (including phenoxy) is 1. The minimum Gasteiger partial charge on any atom is -0.383 e. The molecule has 1 aliphatic rings. The molecule has 0 aliphatic carbocycles. The van der Waals surface area contributed by atoms with Crippen molar-refractivity contribution in [1.29, 1.82) is 0 Å². The summed E-state index contributed by atoms with van der Waals surface area (Å²) in [5, 5.41) is 4.86. The van der Waals surface area contributed by atoms with E-state index in [1.54, 1.807) is 25.3 Å². The quantitative estimate of drug-likeness (QED) is 0.412. The average molecular weight is 502 g/mol. The highest BCUT2D eigenvalue weighted by atomic mass is 19.2. The minimum absolute atomic E-state index is 0.293. The molecule has 0 unspecified atom stereocenters. The van der Waals surface area contributed by atoms with E-state index < -0.39 is 11.6 Å². The van der Waals surface area contributed by atoms with E-state index in [4.69, 9.17) is 9.84 Å². The lowest BCUT2D eigenvalue weighted by Gasteiger charge is -2.36. The summed E-state index contributed by atoms with van der Waals surface area (Å²) in [7, 11) is 1.65. The monoisotopic (exact) mass is 501 g/mol. The normalized spacial score (nSPS) is 14.7. The summed E-state index contributed by atoms with van der Waals surface area (Å²) >= 11 is 0. The number of methoxy groups -OCH3 is 1. The van der Waals surface area contributed by atoms with Crippen LogP contribution in [0.4, 0.5) is 19.0 Å². The van der Waals surface area contributed by atoms with E-state index in [1.807, 2.05) is 11.6 Å². The van der Waals surface area contributed by atoms with Crippen molar-refractivity contribution in [3.63, 3.8) is 0 Å². The van der Waals surface area contributed by atoms with Gasteiger partial charge in [0.05, 0.1) is 18.0 Å². The first-order valence-electron chi connectivity index (χ1n) is 12.4. The minimum atomic E-state index is -0.855. The van der Waals surface area contributed by atoms with Crippen LogP contribution in [0.3, 0.4) is 0 Å². The van der Waals surface area contributed by atoms with Crippen molar-refractivity contribution >= 4 is 5.82 Å². The third kappa shape index (κ3) is 6.08. The van der Waals surface area contributed by atoms with E-state index in [2.05, 4.69) is 21.6 Å². The van der Waals surface area contributed by atoms with E-state index in [-0.39, 0.29) is 5.82 Å². The molecule has 0 spiro atoms. The van der Waals surface area contributed by atoms with Gasteiger partial charge >= 0.3 is 0 Å². The molecular weight excluding hydrogens is 467 g/mol. The molecule has 4 rings (SSSR count). The molecule has 0 radical (unpaired) electrons. The zero-order valence-corrected chi connectivity index (χ0v) is 21.2. The first-order valence-corrected chi connectivity index (χ1v) is 12.4.